The largest absolute Gasteiger partial charge is 0.507 e. The second-order valence-electron chi connectivity index (χ2n) is 3.91. The number of allylic oxidation sites excluding steroid dienone is 1. The molecule has 4 heteroatoms. The Balaban J connectivity index is 2.22. The Morgan fingerprint density at radius 3 is 1.74 bits per heavy atom. The molecule has 2 nitrogen and oxygen atoms in total. The number of aliphatic hydroxyl groups excluding tert-OH is 1. The fourth-order valence-electron chi connectivity index (χ4n) is 1.53. The maximum Gasteiger partial charge on any atom is 0.189 e. The Morgan fingerprint density at radius 1 is 0.842 bits per heavy atom. The van der Waals surface area contributed by atoms with Gasteiger partial charge in [0.1, 0.15) is 5.76 Å². The van der Waals surface area contributed by atoms with E-state index < -0.39 is 0 Å². The summed E-state index contributed by atoms with van der Waals surface area (Å²) in [7, 11) is 0. The molecular formula is C15H10Br2O2. The molecule has 0 aliphatic rings. The fraction of sp³-hybridized carbons (Fsp3) is 0. The van der Waals surface area contributed by atoms with E-state index in [0.717, 1.165) is 8.95 Å². The van der Waals surface area contributed by atoms with Crippen molar-refractivity contribution >= 4 is 43.4 Å². The molecule has 0 radical (unpaired) electrons. The summed E-state index contributed by atoms with van der Waals surface area (Å²) in [6, 6.07) is 14.1. The Labute approximate surface area is 128 Å². The molecule has 19 heavy (non-hydrogen) atoms. The number of benzene rings is 2. The lowest BCUT2D eigenvalue weighted by atomic mass is 10.1. The van der Waals surface area contributed by atoms with Crippen LogP contribution in [-0.4, -0.2) is 10.9 Å². The minimum absolute atomic E-state index is 0.0413. The van der Waals surface area contributed by atoms with Crippen molar-refractivity contribution in [2.45, 2.75) is 0 Å². The zero-order chi connectivity index (χ0) is 13.8. The first-order valence-electron chi connectivity index (χ1n) is 5.53. The molecule has 2 aromatic rings. The number of ketones is 1. The number of hydrogen-bond donors (Lipinski definition) is 1. The second kappa shape index (κ2) is 6.17. The van der Waals surface area contributed by atoms with Gasteiger partial charge in [0.05, 0.1) is 0 Å². The van der Waals surface area contributed by atoms with E-state index >= 15 is 0 Å². The number of hydrogen-bond acceptors (Lipinski definition) is 2. The van der Waals surface area contributed by atoms with Crippen molar-refractivity contribution in [3.05, 3.63) is 74.7 Å². The van der Waals surface area contributed by atoms with Crippen LogP contribution in [0.1, 0.15) is 15.9 Å². The third-order valence-electron chi connectivity index (χ3n) is 2.54. The van der Waals surface area contributed by atoms with E-state index in [1.54, 1.807) is 36.4 Å². The van der Waals surface area contributed by atoms with Gasteiger partial charge in [-0.2, -0.15) is 0 Å². The van der Waals surface area contributed by atoms with Gasteiger partial charge in [-0.15, -0.1) is 0 Å². The molecule has 0 aliphatic carbocycles. The first-order valence-corrected chi connectivity index (χ1v) is 7.11. The molecule has 96 valence electrons. The van der Waals surface area contributed by atoms with Crippen molar-refractivity contribution in [2.75, 3.05) is 0 Å². The van der Waals surface area contributed by atoms with Crippen molar-refractivity contribution < 1.29 is 9.90 Å². The van der Waals surface area contributed by atoms with E-state index in [9.17, 15) is 9.90 Å². The Morgan fingerprint density at radius 2 is 1.26 bits per heavy atom. The predicted molar refractivity (Wildman–Crippen MR) is 83.2 cm³/mol. The number of carbonyl (C=O) groups excluding carboxylic acids is 1. The number of carbonyl (C=O) groups is 1. The van der Waals surface area contributed by atoms with Gasteiger partial charge in [0.2, 0.25) is 0 Å². The molecule has 0 aliphatic heterocycles. The first kappa shape index (κ1) is 14.0. The van der Waals surface area contributed by atoms with Crippen LogP contribution in [0.25, 0.3) is 5.76 Å². The summed E-state index contributed by atoms with van der Waals surface area (Å²) in [6.45, 7) is 0. The standard InChI is InChI=1S/C15H10Br2O2/c16-12-5-1-10(2-6-12)14(18)9-15(19)11-3-7-13(17)8-4-11/h1-9,18H. The Bertz CT molecular complexity index is 614. The number of halogens is 2. The van der Waals surface area contributed by atoms with E-state index in [2.05, 4.69) is 31.9 Å². The minimum atomic E-state index is -0.229. The molecule has 2 rings (SSSR count). The van der Waals surface area contributed by atoms with Gasteiger partial charge < -0.3 is 5.11 Å². The second-order valence-corrected chi connectivity index (χ2v) is 5.74. The molecule has 0 saturated heterocycles. The molecule has 0 aromatic heterocycles. The molecule has 0 atom stereocenters. The molecule has 0 heterocycles. The molecule has 1 N–H and O–H groups in total. The smallest absolute Gasteiger partial charge is 0.189 e. The highest BCUT2D eigenvalue weighted by Gasteiger charge is 2.06. The van der Waals surface area contributed by atoms with E-state index in [0.29, 0.717) is 11.1 Å². The van der Waals surface area contributed by atoms with Crippen LogP contribution >= 0.6 is 31.9 Å². The Hall–Kier alpha value is -1.39. The molecule has 0 fully saturated rings. The average molecular weight is 382 g/mol. The lowest BCUT2D eigenvalue weighted by molar-refractivity contribution is 0.104. The van der Waals surface area contributed by atoms with Crippen LogP contribution in [0, 0.1) is 0 Å². The van der Waals surface area contributed by atoms with Gasteiger partial charge in [0, 0.05) is 26.1 Å². The maximum atomic E-state index is 11.9. The van der Waals surface area contributed by atoms with Gasteiger partial charge in [-0.05, 0) is 36.4 Å². The van der Waals surface area contributed by atoms with Gasteiger partial charge >= 0.3 is 0 Å². The van der Waals surface area contributed by atoms with Crippen LogP contribution in [0.4, 0.5) is 0 Å². The van der Waals surface area contributed by atoms with E-state index in [1.165, 1.54) is 6.08 Å². The monoisotopic (exact) mass is 380 g/mol. The minimum Gasteiger partial charge on any atom is -0.507 e. The van der Waals surface area contributed by atoms with Crippen LogP contribution in [0.5, 0.6) is 0 Å². The predicted octanol–water partition coefficient (Wildman–Crippen LogP) is 4.99. The van der Waals surface area contributed by atoms with Crippen molar-refractivity contribution in [2.24, 2.45) is 0 Å². The summed E-state index contributed by atoms with van der Waals surface area (Å²) in [5.74, 6) is -0.270. The van der Waals surface area contributed by atoms with Crippen molar-refractivity contribution in [3.63, 3.8) is 0 Å². The van der Waals surface area contributed by atoms with Gasteiger partial charge in [-0.3, -0.25) is 4.79 Å². The van der Waals surface area contributed by atoms with E-state index in [4.69, 9.17) is 0 Å². The van der Waals surface area contributed by atoms with Gasteiger partial charge in [-0.25, -0.2) is 0 Å². The summed E-state index contributed by atoms with van der Waals surface area (Å²) >= 11 is 6.62. The zero-order valence-electron chi connectivity index (χ0n) is 9.81. The van der Waals surface area contributed by atoms with Gasteiger partial charge in [0.15, 0.2) is 5.78 Å². The summed E-state index contributed by atoms with van der Waals surface area (Å²) in [5, 5.41) is 9.91. The third kappa shape index (κ3) is 3.78. The molecule has 0 bridgehead atoms. The van der Waals surface area contributed by atoms with Crippen LogP contribution in [-0.2, 0) is 0 Å². The lowest BCUT2D eigenvalue weighted by Gasteiger charge is -2.01. The molecule has 0 amide bonds. The average Bonchev–Trinajstić information content (AvgIpc) is 2.40. The van der Waals surface area contributed by atoms with E-state index in [1.807, 2.05) is 12.1 Å². The number of aliphatic hydroxyl groups is 1. The highest BCUT2D eigenvalue weighted by atomic mass is 79.9. The Kier molecular flexibility index (Phi) is 4.56. The third-order valence-corrected chi connectivity index (χ3v) is 3.59. The van der Waals surface area contributed by atoms with Gasteiger partial charge in [-0.1, -0.05) is 44.0 Å². The van der Waals surface area contributed by atoms with Crippen molar-refractivity contribution in [3.8, 4) is 0 Å². The number of rotatable bonds is 3. The van der Waals surface area contributed by atoms with Crippen LogP contribution in [0.2, 0.25) is 0 Å². The van der Waals surface area contributed by atoms with Crippen LogP contribution in [0.3, 0.4) is 0 Å². The molecule has 0 saturated carbocycles. The summed E-state index contributed by atoms with van der Waals surface area (Å²) in [5.41, 5.74) is 1.14. The van der Waals surface area contributed by atoms with Crippen LogP contribution < -0.4 is 0 Å². The lowest BCUT2D eigenvalue weighted by Crippen LogP contribution is -1.96. The maximum absolute atomic E-state index is 11.9. The molecule has 0 unspecified atom stereocenters. The molecular weight excluding hydrogens is 372 g/mol. The first-order chi connectivity index (χ1) is 9.06. The topological polar surface area (TPSA) is 37.3 Å². The van der Waals surface area contributed by atoms with Crippen LogP contribution in [0.15, 0.2) is 63.6 Å². The SMILES string of the molecule is O=C(C=C(O)c1ccc(Br)cc1)c1ccc(Br)cc1. The molecule has 0 spiro atoms. The van der Waals surface area contributed by atoms with Crippen molar-refractivity contribution in [1.82, 2.24) is 0 Å². The molecule has 2 aromatic carbocycles. The fourth-order valence-corrected chi connectivity index (χ4v) is 2.05. The van der Waals surface area contributed by atoms with E-state index in [-0.39, 0.29) is 11.5 Å². The normalized spacial score (nSPS) is 11.4. The summed E-state index contributed by atoms with van der Waals surface area (Å²) in [4.78, 5) is 11.9. The highest BCUT2D eigenvalue weighted by Crippen LogP contribution is 2.17. The quantitative estimate of drug-likeness (QED) is 0.461. The highest BCUT2D eigenvalue weighted by molar-refractivity contribution is 9.10. The summed E-state index contributed by atoms with van der Waals surface area (Å²) < 4.78 is 1.83. The summed E-state index contributed by atoms with van der Waals surface area (Å²) in [6.07, 6.45) is 1.23. The van der Waals surface area contributed by atoms with Gasteiger partial charge in [0.25, 0.3) is 0 Å². The van der Waals surface area contributed by atoms with Crippen molar-refractivity contribution in [1.29, 1.82) is 0 Å². The zero-order valence-corrected chi connectivity index (χ0v) is 13.0.